The predicted octanol–water partition coefficient (Wildman–Crippen LogP) is 6.38. The van der Waals surface area contributed by atoms with Crippen molar-refractivity contribution in [2.75, 3.05) is 26.7 Å². The van der Waals surface area contributed by atoms with Gasteiger partial charge in [-0.15, -0.1) is 9.24 Å². The molecule has 0 saturated carbocycles. The molecule has 0 spiro atoms. The number of anilines is 2. The first-order valence-corrected chi connectivity index (χ1v) is 15.9. The van der Waals surface area contributed by atoms with Crippen LogP contribution in [-0.2, 0) is 0 Å². The van der Waals surface area contributed by atoms with Gasteiger partial charge in [-0.05, 0) is 57.4 Å². The van der Waals surface area contributed by atoms with Gasteiger partial charge in [0.2, 0.25) is 0 Å². The number of rotatable bonds is 8. The van der Waals surface area contributed by atoms with E-state index in [0.717, 1.165) is 57.2 Å². The highest BCUT2D eigenvalue weighted by Crippen LogP contribution is 2.42. The lowest BCUT2D eigenvalue weighted by Gasteiger charge is -2.27. The van der Waals surface area contributed by atoms with Gasteiger partial charge in [0.05, 0.1) is 10.8 Å². The summed E-state index contributed by atoms with van der Waals surface area (Å²) in [7, 11) is 9.79. The highest BCUT2D eigenvalue weighted by molar-refractivity contribution is 14.1. The Morgan fingerprint density at radius 2 is 1.92 bits per heavy atom. The summed E-state index contributed by atoms with van der Waals surface area (Å²) in [5.41, 5.74) is 2.91. The topological polar surface area (TPSA) is 62.2 Å². The number of carbonyl (C=O) groups is 1. The molecule has 1 aliphatic rings. The van der Waals surface area contributed by atoms with Crippen molar-refractivity contribution in [3.05, 3.63) is 60.3 Å². The van der Waals surface area contributed by atoms with E-state index in [1.54, 1.807) is 0 Å². The lowest BCUT2D eigenvalue weighted by Crippen LogP contribution is -2.28. The molecule has 0 radical (unpaired) electrons. The Morgan fingerprint density at radius 1 is 1.22 bits per heavy atom. The van der Waals surface area contributed by atoms with Gasteiger partial charge in [0.25, 0.3) is 5.91 Å². The molecular weight excluding hydrogens is 644 g/mol. The summed E-state index contributed by atoms with van der Waals surface area (Å²) in [6.45, 7) is 5.95. The molecule has 0 bridgehead atoms. The van der Waals surface area contributed by atoms with E-state index in [1.807, 2.05) is 43.5 Å². The minimum atomic E-state index is -0.315. The smallest absolute Gasteiger partial charge is 0.271 e. The van der Waals surface area contributed by atoms with Gasteiger partial charge in [0.1, 0.15) is 11.5 Å². The molecule has 1 aromatic carbocycles. The minimum Gasteiger partial charge on any atom is -0.354 e. The van der Waals surface area contributed by atoms with Gasteiger partial charge in [-0.1, -0.05) is 73.0 Å². The maximum Gasteiger partial charge on any atom is 0.271 e. The lowest BCUT2D eigenvalue weighted by atomic mass is 9.96. The first-order valence-electron chi connectivity index (χ1n) is 11.7. The van der Waals surface area contributed by atoms with Crippen molar-refractivity contribution in [1.29, 1.82) is 0 Å². The molecule has 4 atom stereocenters. The molecule has 1 amide bonds. The fraction of sp³-hybridized carbons (Fsp3) is 0.360. The molecule has 4 rings (SSSR count). The number of nitrogens with zero attached hydrogens (tertiary/aromatic N) is 5. The largest absolute Gasteiger partial charge is 0.354 e. The zero-order valence-electron chi connectivity index (χ0n) is 20.0. The molecular formula is C25H28ClIN5OPS2. The first kappa shape index (κ1) is 27.9. The quantitative estimate of drug-likeness (QED) is 0.130. The Morgan fingerprint density at radius 3 is 2.53 bits per heavy atom. The number of halogens is 2. The van der Waals surface area contributed by atoms with Crippen LogP contribution in [0.25, 0.3) is 11.1 Å². The number of carbonyl (C=O) groups excluding carboxylic acids is 1. The first-order chi connectivity index (χ1) is 17.4. The fourth-order valence-corrected chi connectivity index (χ4v) is 6.63. The van der Waals surface area contributed by atoms with Gasteiger partial charge in [0, 0.05) is 41.7 Å². The van der Waals surface area contributed by atoms with Crippen LogP contribution in [0.1, 0.15) is 41.7 Å². The average molecular weight is 672 g/mol. The van der Waals surface area contributed by atoms with Crippen LogP contribution < -0.4 is 14.5 Å². The summed E-state index contributed by atoms with van der Waals surface area (Å²) in [5.74, 6) is 2.18. The molecule has 3 heterocycles. The van der Waals surface area contributed by atoms with Crippen LogP contribution in [0.4, 0.5) is 11.5 Å². The molecule has 6 nitrogen and oxygen atoms in total. The predicted molar refractivity (Wildman–Crippen MR) is 167 cm³/mol. The Balaban J connectivity index is 1.79. The van der Waals surface area contributed by atoms with Crippen molar-refractivity contribution < 1.29 is 4.79 Å². The Bertz CT molecular complexity index is 1210. The van der Waals surface area contributed by atoms with Crippen LogP contribution in [0.2, 0.25) is 0 Å². The molecule has 0 aliphatic carbocycles. The Kier molecular flexibility index (Phi) is 9.77. The second-order valence-corrected chi connectivity index (χ2v) is 12.1. The fourth-order valence-electron chi connectivity index (χ4n) is 4.51. The number of aromatic nitrogens is 3. The van der Waals surface area contributed by atoms with Gasteiger partial charge in [-0.3, -0.25) is 4.79 Å². The molecule has 1 aliphatic heterocycles. The molecule has 0 N–H and O–H groups in total. The summed E-state index contributed by atoms with van der Waals surface area (Å²) >= 11 is 7.22. The van der Waals surface area contributed by atoms with Gasteiger partial charge >= 0.3 is 0 Å². The number of pyridine rings is 1. The third-order valence-corrected chi connectivity index (χ3v) is 9.87. The molecule has 2 aromatic heterocycles. The molecule has 190 valence electrons. The van der Waals surface area contributed by atoms with Gasteiger partial charge in [-0.2, -0.15) is 0 Å². The third-order valence-electron chi connectivity index (χ3n) is 6.57. The van der Waals surface area contributed by atoms with E-state index in [2.05, 4.69) is 53.6 Å². The molecule has 1 saturated heterocycles. The maximum atomic E-state index is 13.7. The zero-order chi connectivity index (χ0) is 25.8. The van der Waals surface area contributed by atoms with Crippen LogP contribution >= 0.6 is 66.3 Å². The van der Waals surface area contributed by atoms with E-state index in [-0.39, 0.29) is 11.2 Å². The maximum absolute atomic E-state index is 13.7. The van der Waals surface area contributed by atoms with Crippen molar-refractivity contribution in [2.45, 2.75) is 25.5 Å². The SMILES string of the molecule is CCC1CN(c2nccc(-c3ccccc3P)c2N(S)C(=O)c2cnc(C(C)SCl)nc2)CC1CI. The average Bonchev–Trinajstić information content (AvgIpc) is 3.35. The van der Waals surface area contributed by atoms with E-state index >= 15 is 0 Å². The van der Waals surface area contributed by atoms with E-state index in [0.29, 0.717) is 28.9 Å². The van der Waals surface area contributed by atoms with Crippen molar-refractivity contribution in [1.82, 2.24) is 15.0 Å². The number of benzene rings is 1. The Hall–Kier alpha value is -1.13. The van der Waals surface area contributed by atoms with Crippen molar-refractivity contribution >= 4 is 89.0 Å². The minimum absolute atomic E-state index is 0.0782. The molecule has 4 unspecified atom stereocenters. The van der Waals surface area contributed by atoms with Crippen molar-refractivity contribution in [3.63, 3.8) is 0 Å². The summed E-state index contributed by atoms with van der Waals surface area (Å²) < 4.78 is 2.48. The normalized spacial score (nSPS) is 18.3. The summed E-state index contributed by atoms with van der Waals surface area (Å²) in [5, 5.41) is 0.953. The van der Waals surface area contributed by atoms with E-state index in [9.17, 15) is 4.79 Å². The molecule has 11 heteroatoms. The van der Waals surface area contributed by atoms with E-state index < -0.39 is 0 Å². The van der Waals surface area contributed by atoms with Gasteiger partial charge < -0.3 is 4.90 Å². The van der Waals surface area contributed by atoms with Crippen molar-refractivity contribution in [3.8, 4) is 11.1 Å². The highest BCUT2D eigenvalue weighted by atomic mass is 127. The third kappa shape index (κ3) is 5.80. The standard InChI is InChI=1S/C25H28ClIN5OPS2/c1-3-16-13-31(14-17(16)10-27)24-22(20(8-9-28-24)19-6-4-5-7-21(19)34)32(35)25(33)18-11-29-23(30-12-18)15(2)36-26/h4-9,11-12,15-17,35H,3,10,13-14,34H2,1-2H3. The number of amides is 1. The molecule has 1 fully saturated rings. The van der Waals surface area contributed by atoms with Crippen molar-refractivity contribution in [2.24, 2.45) is 11.8 Å². The lowest BCUT2D eigenvalue weighted by molar-refractivity contribution is 0.101. The van der Waals surface area contributed by atoms with Crippen LogP contribution in [0, 0.1) is 11.8 Å². The summed E-state index contributed by atoms with van der Waals surface area (Å²) in [4.78, 5) is 29.5. The molecule has 3 aromatic rings. The summed E-state index contributed by atoms with van der Waals surface area (Å²) in [6.07, 6.45) is 6.00. The van der Waals surface area contributed by atoms with Crippen LogP contribution in [0.5, 0.6) is 0 Å². The number of alkyl halides is 1. The van der Waals surface area contributed by atoms with Gasteiger partial charge in [-0.25, -0.2) is 19.3 Å². The van der Waals surface area contributed by atoms with E-state index in [1.165, 1.54) is 16.7 Å². The van der Waals surface area contributed by atoms with Gasteiger partial charge in [0.15, 0.2) is 5.82 Å². The Labute approximate surface area is 242 Å². The monoisotopic (exact) mass is 671 g/mol. The van der Waals surface area contributed by atoms with E-state index in [4.69, 9.17) is 28.5 Å². The number of hydrogen-bond donors (Lipinski definition) is 1. The number of thiol groups is 1. The van der Waals surface area contributed by atoms with Crippen LogP contribution in [0.3, 0.4) is 0 Å². The second kappa shape index (κ2) is 12.6. The second-order valence-electron chi connectivity index (χ2n) is 8.78. The molecule has 36 heavy (non-hydrogen) atoms. The van der Waals surface area contributed by atoms with Crippen LogP contribution in [0.15, 0.2) is 48.9 Å². The highest BCUT2D eigenvalue weighted by Gasteiger charge is 2.35. The number of hydrogen-bond acceptors (Lipinski definition) is 7. The summed E-state index contributed by atoms with van der Waals surface area (Å²) in [6, 6.07) is 10.0. The zero-order valence-corrected chi connectivity index (χ0v) is 25.8. The van der Waals surface area contributed by atoms with Crippen LogP contribution in [-0.4, -0.2) is 38.4 Å².